The van der Waals surface area contributed by atoms with Crippen LogP contribution in [0.15, 0.2) is 54.6 Å². The number of fused-ring (bicyclic) bond motifs is 1. The lowest BCUT2D eigenvalue weighted by Crippen LogP contribution is -2.43. The third kappa shape index (κ3) is 4.49. The Kier molecular flexibility index (Phi) is 6.64. The average molecular weight is 347 g/mol. The Hall–Kier alpha value is -2.04. The first-order valence-corrected chi connectivity index (χ1v) is 8.05. The van der Waals surface area contributed by atoms with Crippen LogP contribution in [0.25, 0.3) is 0 Å². The molecule has 0 fully saturated rings. The number of carbonyl (C=O) groups is 1. The van der Waals surface area contributed by atoms with Gasteiger partial charge in [0, 0.05) is 5.56 Å². The number of nitrogens with two attached hydrogens (primary N) is 1. The van der Waals surface area contributed by atoms with E-state index < -0.39 is 6.04 Å². The fraction of sp³-hybridized carbons (Fsp3) is 0.316. The molecular formula is C19H23ClN2O2. The largest absolute Gasteiger partial charge is 0.493 e. The number of ether oxygens (including phenoxy) is 1. The Morgan fingerprint density at radius 1 is 1.17 bits per heavy atom. The molecule has 1 heterocycles. The van der Waals surface area contributed by atoms with Gasteiger partial charge in [0.1, 0.15) is 5.75 Å². The molecule has 0 aliphatic carbocycles. The van der Waals surface area contributed by atoms with Crippen LogP contribution in [0.3, 0.4) is 0 Å². The van der Waals surface area contributed by atoms with Crippen molar-refractivity contribution in [3.63, 3.8) is 0 Å². The van der Waals surface area contributed by atoms with Crippen LogP contribution in [0.4, 0.5) is 0 Å². The van der Waals surface area contributed by atoms with Gasteiger partial charge in [-0.05, 0) is 30.9 Å². The molecule has 0 radical (unpaired) electrons. The highest BCUT2D eigenvalue weighted by atomic mass is 35.5. The van der Waals surface area contributed by atoms with Crippen molar-refractivity contribution in [2.45, 2.75) is 31.3 Å². The maximum atomic E-state index is 12.5. The summed E-state index contributed by atoms with van der Waals surface area (Å²) in [5, 5.41) is 3.09. The molecule has 2 atom stereocenters. The molecule has 0 saturated carbocycles. The molecule has 3 N–H and O–H groups in total. The van der Waals surface area contributed by atoms with Crippen molar-refractivity contribution in [1.29, 1.82) is 0 Å². The second kappa shape index (κ2) is 8.71. The van der Waals surface area contributed by atoms with Crippen LogP contribution in [-0.4, -0.2) is 18.6 Å². The fourth-order valence-corrected chi connectivity index (χ4v) is 2.91. The molecule has 5 heteroatoms. The highest BCUT2D eigenvalue weighted by Crippen LogP contribution is 2.31. The van der Waals surface area contributed by atoms with E-state index >= 15 is 0 Å². The van der Waals surface area contributed by atoms with Crippen molar-refractivity contribution in [3.05, 3.63) is 65.7 Å². The van der Waals surface area contributed by atoms with Gasteiger partial charge in [0.15, 0.2) is 0 Å². The maximum absolute atomic E-state index is 12.5. The lowest BCUT2D eigenvalue weighted by molar-refractivity contribution is -0.123. The molecule has 1 amide bonds. The van der Waals surface area contributed by atoms with Gasteiger partial charge in [-0.3, -0.25) is 4.79 Å². The monoisotopic (exact) mass is 346 g/mol. The number of carbonyl (C=O) groups excluding carboxylic acids is 1. The van der Waals surface area contributed by atoms with E-state index in [-0.39, 0.29) is 24.4 Å². The van der Waals surface area contributed by atoms with Crippen molar-refractivity contribution in [1.82, 2.24) is 5.32 Å². The van der Waals surface area contributed by atoms with Crippen LogP contribution in [0, 0.1) is 0 Å². The van der Waals surface area contributed by atoms with Gasteiger partial charge >= 0.3 is 0 Å². The highest BCUT2D eigenvalue weighted by molar-refractivity contribution is 5.85. The van der Waals surface area contributed by atoms with E-state index in [4.69, 9.17) is 10.5 Å². The van der Waals surface area contributed by atoms with E-state index in [0.717, 1.165) is 29.7 Å². The van der Waals surface area contributed by atoms with E-state index in [2.05, 4.69) is 5.32 Å². The van der Waals surface area contributed by atoms with Gasteiger partial charge in [-0.25, -0.2) is 0 Å². The van der Waals surface area contributed by atoms with Crippen LogP contribution in [0.2, 0.25) is 0 Å². The van der Waals surface area contributed by atoms with Crippen molar-refractivity contribution in [2.24, 2.45) is 5.73 Å². The molecular weight excluding hydrogens is 324 g/mol. The molecule has 0 bridgehead atoms. The molecule has 4 nitrogen and oxygen atoms in total. The van der Waals surface area contributed by atoms with Crippen molar-refractivity contribution < 1.29 is 9.53 Å². The van der Waals surface area contributed by atoms with E-state index in [9.17, 15) is 4.79 Å². The minimum absolute atomic E-state index is 0. The van der Waals surface area contributed by atoms with Crippen LogP contribution in [-0.2, 0) is 11.2 Å². The van der Waals surface area contributed by atoms with Gasteiger partial charge < -0.3 is 15.8 Å². The molecule has 24 heavy (non-hydrogen) atoms. The summed E-state index contributed by atoms with van der Waals surface area (Å²) >= 11 is 0. The summed E-state index contributed by atoms with van der Waals surface area (Å²) in [4.78, 5) is 12.5. The Morgan fingerprint density at radius 2 is 1.88 bits per heavy atom. The summed E-state index contributed by atoms with van der Waals surface area (Å²) in [7, 11) is 0. The van der Waals surface area contributed by atoms with Crippen LogP contribution in [0.5, 0.6) is 5.75 Å². The first-order chi connectivity index (χ1) is 11.2. The summed E-state index contributed by atoms with van der Waals surface area (Å²) in [5.74, 6) is 0.738. The molecule has 0 aromatic heterocycles. The molecule has 0 saturated heterocycles. The zero-order valence-corrected chi connectivity index (χ0v) is 14.3. The summed E-state index contributed by atoms with van der Waals surface area (Å²) in [6.07, 6.45) is 2.31. The normalized spacial score (nSPS) is 17.5. The van der Waals surface area contributed by atoms with Crippen molar-refractivity contribution in [3.8, 4) is 5.75 Å². The highest BCUT2D eigenvalue weighted by Gasteiger charge is 2.23. The smallest absolute Gasteiger partial charge is 0.237 e. The summed E-state index contributed by atoms with van der Waals surface area (Å²) < 4.78 is 5.73. The zero-order valence-electron chi connectivity index (χ0n) is 13.5. The van der Waals surface area contributed by atoms with Gasteiger partial charge in [0.2, 0.25) is 5.91 Å². The van der Waals surface area contributed by atoms with Gasteiger partial charge in [0.05, 0.1) is 18.7 Å². The Labute approximate surface area is 148 Å². The molecule has 1 aliphatic rings. The Balaban J connectivity index is 0.00000208. The predicted octanol–water partition coefficient (Wildman–Crippen LogP) is 3.01. The number of para-hydroxylation sites is 1. The molecule has 1 unspecified atom stereocenters. The van der Waals surface area contributed by atoms with Crippen LogP contribution in [0.1, 0.15) is 30.0 Å². The fourth-order valence-electron chi connectivity index (χ4n) is 2.91. The van der Waals surface area contributed by atoms with Crippen molar-refractivity contribution >= 4 is 18.3 Å². The second-order valence-corrected chi connectivity index (χ2v) is 5.89. The zero-order chi connectivity index (χ0) is 16.1. The lowest BCUT2D eigenvalue weighted by atomic mass is 10.0. The Morgan fingerprint density at radius 3 is 2.67 bits per heavy atom. The van der Waals surface area contributed by atoms with Crippen molar-refractivity contribution in [2.75, 3.05) is 6.61 Å². The van der Waals surface area contributed by atoms with Crippen LogP contribution < -0.4 is 15.8 Å². The van der Waals surface area contributed by atoms with Gasteiger partial charge in [-0.15, -0.1) is 12.4 Å². The number of rotatable bonds is 4. The predicted molar refractivity (Wildman–Crippen MR) is 97.4 cm³/mol. The minimum Gasteiger partial charge on any atom is -0.493 e. The Bertz CT molecular complexity index is 663. The van der Waals surface area contributed by atoms with E-state index in [1.54, 1.807) is 0 Å². The third-order valence-electron chi connectivity index (χ3n) is 4.14. The number of hydrogen-bond donors (Lipinski definition) is 2. The molecule has 3 rings (SSSR count). The van der Waals surface area contributed by atoms with Crippen LogP contribution >= 0.6 is 12.4 Å². The summed E-state index contributed by atoms with van der Waals surface area (Å²) in [6, 6.07) is 17.1. The van der Waals surface area contributed by atoms with E-state index in [1.807, 2.05) is 54.6 Å². The van der Waals surface area contributed by atoms with Gasteiger partial charge in [-0.1, -0.05) is 48.5 Å². The minimum atomic E-state index is -0.547. The number of halogens is 1. The molecule has 128 valence electrons. The third-order valence-corrected chi connectivity index (χ3v) is 4.14. The van der Waals surface area contributed by atoms with Gasteiger partial charge in [-0.2, -0.15) is 0 Å². The molecule has 2 aromatic rings. The summed E-state index contributed by atoms with van der Waals surface area (Å²) in [5.41, 5.74) is 8.18. The lowest BCUT2D eigenvalue weighted by Gasteiger charge is -2.21. The topological polar surface area (TPSA) is 64.4 Å². The first kappa shape index (κ1) is 18.3. The maximum Gasteiger partial charge on any atom is 0.237 e. The average Bonchev–Trinajstić information content (AvgIpc) is 2.78. The number of benzene rings is 2. The SMILES string of the molecule is Cl.N[C@@H](Cc1ccccc1)C(=O)NC1CCCOc2ccccc21. The quantitative estimate of drug-likeness (QED) is 0.894. The standard InChI is InChI=1S/C19H22N2O2.ClH/c20-16(13-14-7-2-1-3-8-14)19(22)21-17-10-6-12-23-18-11-5-4-9-15(17)18;/h1-5,7-9,11,16-17H,6,10,12-13,20H2,(H,21,22);1H/t16-,17?;/m0./s1. The number of amides is 1. The molecule has 0 spiro atoms. The first-order valence-electron chi connectivity index (χ1n) is 8.05. The molecule has 1 aliphatic heterocycles. The molecule has 2 aromatic carbocycles. The van der Waals surface area contributed by atoms with E-state index in [1.165, 1.54) is 0 Å². The van der Waals surface area contributed by atoms with Gasteiger partial charge in [0.25, 0.3) is 0 Å². The number of nitrogens with one attached hydrogen (secondary N) is 1. The number of hydrogen-bond acceptors (Lipinski definition) is 3. The van der Waals surface area contributed by atoms with E-state index in [0.29, 0.717) is 13.0 Å². The second-order valence-electron chi connectivity index (χ2n) is 5.89. The summed E-state index contributed by atoms with van der Waals surface area (Å²) in [6.45, 7) is 0.680.